The Labute approximate surface area is 115 Å². The first kappa shape index (κ1) is 15.1. The Balaban J connectivity index is 2.60. The summed E-state index contributed by atoms with van der Waals surface area (Å²) < 4.78 is 13.8. The van der Waals surface area contributed by atoms with E-state index in [1.54, 1.807) is 6.07 Å². The third kappa shape index (κ3) is 4.07. The minimum atomic E-state index is -0.526. The molecule has 0 aliphatic heterocycles. The van der Waals surface area contributed by atoms with Gasteiger partial charge in [-0.05, 0) is 29.7 Å². The molecular formula is C13H18BrFN2O. The van der Waals surface area contributed by atoms with Gasteiger partial charge in [0.2, 0.25) is 5.91 Å². The highest BCUT2D eigenvalue weighted by atomic mass is 79.9. The lowest BCUT2D eigenvalue weighted by Gasteiger charge is -2.18. The number of carbonyl (C=O) groups is 1. The van der Waals surface area contributed by atoms with Crippen molar-refractivity contribution in [1.82, 2.24) is 5.32 Å². The first-order valence-corrected chi connectivity index (χ1v) is 6.72. The van der Waals surface area contributed by atoms with Crippen LogP contribution in [-0.2, 0) is 11.3 Å². The van der Waals surface area contributed by atoms with Crippen LogP contribution in [0, 0.1) is 11.7 Å². The molecule has 0 bridgehead atoms. The SMILES string of the molecule is CC[C@H](C)[C@H](N)C(=O)NCc1cc(F)ccc1Br. The second kappa shape index (κ2) is 6.85. The van der Waals surface area contributed by atoms with Crippen LogP contribution in [-0.4, -0.2) is 11.9 Å². The van der Waals surface area contributed by atoms with Crippen LogP contribution in [0.15, 0.2) is 22.7 Å². The Morgan fingerprint density at radius 1 is 1.56 bits per heavy atom. The molecule has 1 amide bonds. The van der Waals surface area contributed by atoms with Crippen molar-refractivity contribution in [3.8, 4) is 0 Å². The molecule has 0 aliphatic carbocycles. The molecule has 3 N–H and O–H groups in total. The van der Waals surface area contributed by atoms with Gasteiger partial charge in [-0.15, -0.1) is 0 Å². The molecule has 1 aromatic carbocycles. The first-order chi connectivity index (χ1) is 8.45. The lowest BCUT2D eigenvalue weighted by Crippen LogP contribution is -2.44. The summed E-state index contributed by atoms with van der Waals surface area (Å²) >= 11 is 3.31. The monoisotopic (exact) mass is 316 g/mol. The smallest absolute Gasteiger partial charge is 0.237 e. The molecule has 1 rings (SSSR count). The van der Waals surface area contributed by atoms with Gasteiger partial charge in [0.15, 0.2) is 0 Å². The van der Waals surface area contributed by atoms with Crippen LogP contribution in [0.5, 0.6) is 0 Å². The average molecular weight is 317 g/mol. The van der Waals surface area contributed by atoms with E-state index >= 15 is 0 Å². The van der Waals surface area contributed by atoms with Crippen LogP contribution < -0.4 is 11.1 Å². The molecule has 0 aromatic heterocycles. The minimum absolute atomic E-state index is 0.126. The molecule has 18 heavy (non-hydrogen) atoms. The van der Waals surface area contributed by atoms with Gasteiger partial charge >= 0.3 is 0 Å². The standard InChI is InChI=1S/C13H18BrFN2O/c1-3-8(2)12(16)13(18)17-7-9-6-10(15)4-5-11(9)14/h4-6,8,12H,3,7,16H2,1-2H3,(H,17,18)/t8-,12-/m0/s1. The van der Waals surface area contributed by atoms with Gasteiger partial charge in [0, 0.05) is 11.0 Å². The Morgan fingerprint density at radius 2 is 2.22 bits per heavy atom. The molecule has 1 aromatic rings. The van der Waals surface area contributed by atoms with Crippen LogP contribution in [0.25, 0.3) is 0 Å². The van der Waals surface area contributed by atoms with Gasteiger partial charge in [-0.1, -0.05) is 36.2 Å². The van der Waals surface area contributed by atoms with Crippen LogP contribution in [0.2, 0.25) is 0 Å². The second-order valence-electron chi connectivity index (χ2n) is 4.36. The van der Waals surface area contributed by atoms with E-state index in [9.17, 15) is 9.18 Å². The molecule has 0 heterocycles. The maximum absolute atomic E-state index is 13.1. The third-order valence-electron chi connectivity index (χ3n) is 3.02. The van der Waals surface area contributed by atoms with Crippen molar-refractivity contribution in [1.29, 1.82) is 0 Å². The lowest BCUT2D eigenvalue weighted by atomic mass is 9.99. The van der Waals surface area contributed by atoms with Crippen molar-refractivity contribution < 1.29 is 9.18 Å². The summed E-state index contributed by atoms with van der Waals surface area (Å²) in [5, 5.41) is 2.72. The Hall–Kier alpha value is -0.940. The molecule has 0 radical (unpaired) electrons. The molecule has 100 valence electrons. The molecular weight excluding hydrogens is 299 g/mol. The molecule has 3 nitrogen and oxygen atoms in total. The number of hydrogen-bond donors (Lipinski definition) is 2. The Morgan fingerprint density at radius 3 is 2.83 bits per heavy atom. The second-order valence-corrected chi connectivity index (χ2v) is 5.22. The van der Waals surface area contributed by atoms with Gasteiger partial charge in [-0.3, -0.25) is 4.79 Å². The summed E-state index contributed by atoms with van der Waals surface area (Å²) in [4.78, 5) is 11.8. The highest BCUT2D eigenvalue weighted by Gasteiger charge is 2.19. The summed E-state index contributed by atoms with van der Waals surface area (Å²) in [5.41, 5.74) is 6.50. The number of nitrogens with two attached hydrogens (primary N) is 1. The van der Waals surface area contributed by atoms with Gasteiger partial charge in [-0.2, -0.15) is 0 Å². The molecule has 0 saturated heterocycles. The van der Waals surface area contributed by atoms with Crippen molar-refractivity contribution in [3.63, 3.8) is 0 Å². The van der Waals surface area contributed by atoms with E-state index in [0.717, 1.165) is 10.9 Å². The molecule has 0 saturated carbocycles. The summed E-state index contributed by atoms with van der Waals surface area (Å²) in [7, 11) is 0. The van der Waals surface area contributed by atoms with E-state index in [0.29, 0.717) is 5.56 Å². The largest absolute Gasteiger partial charge is 0.351 e. The lowest BCUT2D eigenvalue weighted by molar-refractivity contribution is -0.123. The molecule has 0 fully saturated rings. The number of halogens is 2. The highest BCUT2D eigenvalue weighted by molar-refractivity contribution is 9.10. The predicted molar refractivity (Wildman–Crippen MR) is 73.4 cm³/mol. The van der Waals surface area contributed by atoms with E-state index in [-0.39, 0.29) is 24.2 Å². The molecule has 0 unspecified atom stereocenters. The molecule has 0 spiro atoms. The normalized spacial score (nSPS) is 14.1. The number of rotatable bonds is 5. The Bertz CT molecular complexity index is 425. The zero-order valence-corrected chi connectivity index (χ0v) is 12.1. The topological polar surface area (TPSA) is 55.1 Å². The maximum Gasteiger partial charge on any atom is 0.237 e. The van der Waals surface area contributed by atoms with Gasteiger partial charge < -0.3 is 11.1 Å². The number of amides is 1. The number of nitrogens with one attached hydrogen (secondary N) is 1. The Kier molecular flexibility index (Phi) is 5.75. The molecule has 0 aliphatic rings. The van der Waals surface area contributed by atoms with Crippen LogP contribution >= 0.6 is 15.9 Å². The van der Waals surface area contributed by atoms with Gasteiger partial charge in [0.25, 0.3) is 0 Å². The zero-order valence-electron chi connectivity index (χ0n) is 10.5. The van der Waals surface area contributed by atoms with Crippen molar-refractivity contribution in [2.45, 2.75) is 32.9 Å². The molecule has 2 atom stereocenters. The highest BCUT2D eigenvalue weighted by Crippen LogP contribution is 2.17. The summed E-state index contributed by atoms with van der Waals surface area (Å²) in [6.07, 6.45) is 0.845. The molecule has 5 heteroatoms. The van der Waals surface area contributed by atoms with E-state index in [1.807, 2.05) is 13.8 Å². The van der Waals surface area contributed by atoms with E-state index in [2.05, 4.69) is 21.2 Å². The van der Waals surface area contributed by atoms with Gasteiger partial charge in [-0.25, -0.2) is 4.39 Å². The summed E-state index contributed by atoms with van der Waals surface area (Å²) in [6.45, 7) is 4.19. The average Bonchev–Trinajstić information content (AvgIpc) is 2.37. The van der Waals surface area contributed by atoms with Crippen molar-refractivity contribution in [2.24, 2.45) is 11.7 Å². The summed E-state index contributed by atoms with van der Waals surface area (Å²) in [6, 6.07) is 3.84. The zero-order chi connectivity index (χ0) is 13.7. The number of hydrogen-bond acceptors (Lipinski definition) is 2. The van der Waals surface area contributed by atoms with E-state index in [4.69, 9.17) is 5.73 Å². The first-order valence-electron chi connectivity index (χ1n) is 5.93. The van der Waals surface area contributed by atoms with Crippen LogP contribution in [0.3, 0.4) is 0 Å². The quantitative estimate of drug-likeness (QED) is 0.877. The van der Waals surface area contributed by atoms with Crippen molar-refractivity contribution in [2.75, 3.05) is 0 Å². The predicted octanol–water partition coefficient (Wildman–Crippen LogP) is 2.58. The van der Waals surface area contributed by atoms with E-state index in [1.165, 1.54) is 12.1 Å². The fourth-order valence-electron chi connectivity index (χ4n) is 1.49. The third-order valence-corrected chi connectivity index (χ3v) is 3.79. The fraction of sp³-hybridized carbons (Fsp3) is 0.462. The van der Waals surface area contributed by atoms with E-state index < -0.39 is 6.04 Å². The van der Waals surface area contributed by atoms with Gasteiger partial charge in [0.1, 0.15) is 5.82 Å². The van der Waals surface area contributed by atoms with Crippen molar-refractivity contribution >= 4 is 21.8 Å². The number of benzene rings is 1. The maximum atomic E-state index is 13.1. The van der Waals surface area contributed by atoms with Crippen LogP contribution in [0.1, 0.15) is 25.8 Å². The van der Waals surface area contributed by atoms with Gasteiger partial charge in [0.05, 0.1) is 6.04 Å². The summed E-state index contributed by atoms with van der Waals surface area (Å²) in [5.74, 6) is -0.407. The number of carbonyl (C=O) groups excluding carboxylic acids is 1. The fourth-order valence-corrected chi connectivity index (χ4v) is 1.88. The van der Waals surface area contributed by atoms with Crippen molar-refractivity contribution in [3.05, 3.63) is 34.1 Å². The van der Waals surface area contributed by atoms with Crippen LogP contribution in [0.4, 0.5) is 4.39 Å². The minimum Gasteiger partial charge on any atom is -0.351 e.